The molecule has 0 radical (unpaired) electrons. The highest BCUT2D eigenvalue weighted by molar-refractivity contribution is 5.27. The zero-order chi connectivity index (χ0) is 13.5. The summed E-state index contributed by atoms with van der Waals surface area (Å²) in [6.45, 7) is 2.77. The summed E-state index contributed by atoms with van der Waals surface area (Å²) in [5.74, 6) is 0.926. The first-order chi connectivity index (χ1) is 9.24. The van der Waals surface area contributed by atoms with E-state index in [0.29, 0.717) is 12.6 Å². The fourth-order valence-electron chi connectivity index (χ4n) is 1.91. The second kappa shape index (κ2) is 8.62. The fraction of sp³-hybridized carbons (Fsp3) is 0.294. The second-order valence-electron chi connectivity index (χ2n) is 5.06. The maximum absolute atomic E-state index is 5.76. The van der Waals surface area contributed by atoms with E-state index >= 15 is 0 Å². The third kappa shape index (κ3) is 5.64. The van der Waals surface area contributed by atoms with Gasteiger partial charge in [-0.05, 0) is 36.6 Å². The van der Waals surface area contributed by atoms with E-state index < -0.39 is 0 Å². The van der Waals surface area contributed by atoms with Gasteiger partial charge in [-0.3, -0.25) is 0 Å². The topological polar surface area (TPSA) is 36.9 Å². The van der Waals surface area contributed by atoms with E-state index in [4.69, 9.17) is 4.74 Å². The van der Waals surface area contributed by atoms with Gasteiger partial charge in [0.05, 0.1) is 6.04 Å². The Kier molecular flexibility index (Phi) is 7.13. The minimum atomic E-state index is 0. The van der Waals surface area contributed by atoms with Gasteiger partial charge in [0.25, 0.3) is 0 Å². The number of quaternary nitrogens is 1. The summed E-state index contributed by atoms with van der Waals surface area (Å²) in [5, 5.41) is 0. The lowest BCUT2D eigenvalue weighted by molar-refractivity contribution is -0.415. The molecule has 0 fully saturated rings. The molecule has 0 saturated carbocycles. The highest BCUT2D eigenvalue weighted by Crippen LogP contribution is 2.15. The summed E-state index contributed by atoms with van der Waals surface area (Å²) in [6, 6.07) is 19.1. The highest BCUT2D eigenvalue weighted by atomic mass is 35.5. The van der Waals surface area contributed by atoms with Crippen LogP contribution in [0.3, 0.4) is 0 Å². The van der Waals surface area contributed by atoms with E-state index in [1.165, 1.54) is 11.1 Å². The predicted octanol–water partition coefficient (Wildman–Crippen LogP) is -0.167. The van der Waals surface area contributed by atoms with Crippen LogP contribution in [0, 0.1) is 0 Å². The van der Waals surface area contributed by atoms with Gasteiger partial charge in [-0.15, -0.1) is 0 Å². The molecule has 0 aliphatic rings. The van der Waals surface area contributed by atoms with E-state index in [-0.39, 0.29) is 12.4 Å². The van der Waals surface area contributed by atoms with Crippen LogP contribution in [0.5, 0.6) is 5.75 Å². The number of halogens is 1. The van der Waals surface area contributed by atoms with Crippen molar-refractivity contribution in [3.63, 3.8) is 0 Å². The van der Waals surface area contributed by atoms with Gasteiger partial charge >= 0.3 is 0 Å². The Hall–Kier alpha value is -1.51. The predicted molar refractivity (Wildman–Crippen MR) is 77.9 cm³/mol. The number of ether oxygens (including phenoxy) is 1. The zero-order valence-electron chi connectivity index (χ0n) is 11.9. The molecule has 0 aliphatic heterocycles. The quantitative estimate of drug-likeness (QED) is 0.788. The molecular formula is C17H22ClNO. The molecular weight excluding hydrogens is 270 g/mol. The molecule has 3 heteroatoms. The molecule has 2 aromatic carbocycles. The molecule has 108 valence electrons. The molecule has 1 atom stereocenters. The van der Waals surface area contributed by atoms with Crippen LogP contribution >= 0.6 is 0 Å². The Balaban J connectivity index is 0.00000200. The van der Waals surface area contributed by atoms with Crippen molar-refractivity contribution in [2.45, 2.75) is 32.4 Å². The summed E-state index contributed by atoms with van der Waals surface area (Å²) in [5.41, 5.74) is 6.55. The lowest BCUT2D eigenvalue weighted by Gasteiger charge is -2.07. The van der Waals surface area contributed by atoms with Crippen molar-refractivity contribution in [3.05, 3.63) is 65.7 Å². The van der Waals surface area contributed by atoms with Crippen LogP contribution in [-0.4, -0.2) is 6.04 Å². The lowest BCUT2D eigenvalue weighted by atomic mass is 10.1. The van der Waals surface area contributed by atoms with Gasteiger partial charge < -0.3 is 22.9 Å². The average molecular weight is 292 g/mol. The second-order valence-corrected chi connectivity index (χ2v) is 5.06. The normalized spacial score (nSPS) is 11.5. The minimum Gasteiger partial charge on any atom is -1.00 e. The maximum atomic E-state index is 5.76. The van der Waals surface area contributed by atoms with E-state index in [2.05, 4.69) is 36.9 Å². The van der Waals surface area contributed by atoms with Crippen LogP contribution in [-0.2, 0) is 13.0 Å². The molecule has 0 spiro atoms. The molecule has 0 aliphatic carbocycles. The standard InChI is InChI=1S/C17H21NO.ClH/c1-14(18)7-8-15-9-11-17(12-10-15)19-13-16-5-3-2-4-6-16;/h2-6,9-12,14H,7-8,13,18H2,1H3;1H. The molecule has 20 heavy (non-hydrogen) atoms. The van der Waals surface area contributed by atoms with Crippen molar-refractivity contribution >= 4 is 0 Å². The summed E-state index contributed by atoms with van der Waals surface area (Å²) < 4.78 is 5.76. The highest BCUT2D eigenvalue weighted by Gasteiger charge is 2.00. The number of hydrogen-bond acceptors (Lipinski definition) is 1. The minimum absolute atomic E-state index is 0. The van der Waals surface area contributed by atoms with Gasteiger partial charge in [-0.2, -0.15) is 0 Å². The van der Waals surface area contributed by atoms with Crippen molar-refractivity contribution in [3.8, 4) is 5.75 Å². The van der Waals surface area contributed by atoms with Gasteiger partial charge in [-0.25, -0.2) is 0 Å². The number of rotatable bonds is 6. The largest absolute Gasteiger partial charge is 1.00 e. The number of aryl methyl sites for hydroxylation is 1. The molecule has 2 rings (SSSR count). The summed E-state index contributed by atoms with van der Waals surface area (Å²) in [7, 11) is 0. The molecule has 0 amide bonds. The molecule has 0 heterocycles. The summed E-state index contributed by atoms with van der Waals surface area (Å²) in [6.07, 6.45) is 2.22. The van der Waals surface area contributed by atoms with Crippen LogP contribution in [0.1, 0.15) is 24.5 Å². The van der Waals surface area contributed by atoms with Crippen molar-refractivity contribution in [1.29, 1.82) is 0 Å². The van der Waals surface area contributed by atoms with Crippen LogP contribution in [0.4, 0.5) is 0 Å². The van der Waals surface area contributed by atoms with Crippen molar-refractivity contribution in [1.82, 2.24) is 0 Å². The van der Waals surface area contributed by atoms with Crippen LogP contribution < -0.4 is 22.9 Å². The Morgan fingerprint density at radius 2 is 1.60 bits per heavy atom. The van der Waals surface area contributed by atoms with E-state index in [0.717, 1.165) is 18.6 Å². The third-order valence-electron chi connectivity index (χ3n) is 3.10. The third-order valence-corrected chi connectivity index (χ3v) is 3.10. The van der Waals surface area contributed by atoms with E-state index in [9.17, 15) is 0 Å². The number of benzene rings is 2. The molecule has 2 aromatic rings. The Morgan fingerprint density at radius 3 is 2.20 bits per heavy atom. The van der Waals surface area contributed by atoms with E-state index in [1.807, 2.05) is 30.3 Å². The molecule has 2 nitrogen and oxygen atoms in total. The van der Waals surface area contributed by atoms with Crippen molar-refractivity contribution < 1.29 is 22.9 Å². The van der Waals surface area contributed by atoms with Crippen molar-refractivity contribution in [2.75, 3.05) is 0 Å². The molecule has 0 saturated heterocycles. The van der Waals surface area contributed by atoms with Crippen LogP contribution in [0.15, 0.2) is 54.6 Å². The monoisotopic (exact) mass is 291 g/mol. The van der Waals surface area contributed by atoms with Crippen molar-refractivity contribution in [2.24, 2.45) is 0 Å². The Labute approximate surface area is 127 Å². The molecule has 3 N–H and O–H groups in total. The van der Waals surface area contributed by atoms with Crippen LogP contribution in [0.2, 0.25) is 0 Å². The Morgan fingerprint density at radius 1 is 0.950 bits per heavy atom. The van der Waals surface area contributed by atoms with Gasteiger partial charge in [0.1, 0.15) is 12.4 Å². The molecule has 1 unspecified atom stereocenters. The zero-order valence-corrected chi connectivity index (χ0v) is 12.6. The van der Waals surface area contributed by atoms with Crippen LogP contribution in [0.25, 0.3) is 0 Å². The smallest absolute Gasteiger partial charge is 0.119 e. The lowest BCUT2D eigenvalue weighted by Crippen LogP contribution is -3.00. The average Bonchev–Trinajstić information content (AvgIpc) is 2.45. The summed E-state index contributed by atoms with van der Waals surface area (Å²) in [4.78, 5) is 0. The Bertz CT molecular complexity index is 482. The van der Waals surface area contributed by atoms with Gasteiger partial charge in [0, 0.05) is 6.42 Å². The number of hydrogen-bond donors (Lipinski definition) is 1. The SMILES string of the molecule is CC([NH3+])CCc1ccc(OCc2ccccc2)cc1.[Cl-]. The first-order valence-electron chi connectivity index (χ1n) is 6.83. The maximum Gasteiger partial charge on any atom is 0.119 e. The van der Waals surface area contributed by atoms with Gasteiger partial charge in [0.2, 0.25) is 0 Å². The van der Waals surface area contributed by atoms with Gasteiger partial charge in [-0.1, -0.05) is 42.5 Å². The van der Waals surface area contributed by atoms with Gasteiger partial charge in [0.15, 0.2) is 0 Å². The first kappa shape index (κ1) is 16.5. The first-order valence-corrected chi connectivity index (χ1v) is 6.83. The van der Waals surface area contributed by atoms with E-state index in [1.54, 1.807) is 0 Å². The molecule has 0 aromatic heterocycles. The molecule has 0 bridgehead atoms. The fourth-order valence-corrected chi connectivity index (χ4v) is 1.91. The summed E-state index contributed by atoms with van der Waals surface area (Å²) >= 11 is 0.